The molecule has 1 fully saturated rings. The van der Waals surface area contributed by atoms with Crippen LogP contribution in [0.1, 0.15) is 42.1 Å². The van der Waals surface area contributed by atoms with Gasteiger partial charge in [0.05, 0.1) is 6.10 Å². The number of likely N-dealkylation sites (tertiary alicyclic amines) is 1. The molecule has 0 amide bonds. The smallest absolute Gasteiger partial charge is 0.243 e. The summed E-state index contributed by atoms with van der Waals surface area (Å²) in [6.07, 6.45) is 2.19. The fourth-order valence-corrected chi connectivity index (χ4v) is 5.09. The van der Waals surface area contributed by atoms with Crippen molar-refractivity contribution in [2.24, 2.45) is 0 Å². The highest BCUT2D eigenvalue weighted by molar-refractivity contribution is 8.04. The van der Waals surface area contributed by atoms with Gasteiger partial charge in [0.25, 0.3) is 0 Å². The third-order valence-electron chi connectivity index (χ3n) is 5.54. The van der Waals surface area contributed by atoms with Gasteiger partial charge in [0, 0.05) is 49.4 Å². The Morgan fingerprint density at radius 3 is 2.58 bits per heavy atom. The molecule has 0 saturated carbocycles. The van der Waals surface area contributed by atoms with Gasteiger partial charge in [-0.05, 0) is 6.42 Å². The second kappa shape index (κ2) is 6.83. The molecule has 1 unspecified atom stereocenters. The molecule has 2 aliphatic heterocycles. The third kappa shape index (κ3) is 3.00. The molecule has 1 aromatic rings. The van der Waals surface area contributed by atoms with Crippen LogP contribution < -0.4 is 0 Å². The van der Waals surface area contributed by atoms with E-state index in [2.05, 4.69) is 4.90 Å². The summed E-state index contributed by atoms with van der Waals surface area (Å²) in [6, 6.07) is 7.21. The van der Waals surface area contributed by atoms with Crippen molar-refractivity contribution in [2.75, 3.05) is 25.4 Å². The van der Waals surface area contributed by atoms with Crippen molar-refractivity contribution >= 4 is 29.1 Å². The minimum atomic E-state index is -0.443. The number of benzene rings is 1. The highest BCUT2D eigenvalue weighted by Gasteiger charge is 2.45. The summed E-state index contributed by atoms with van der Waals surface area (Å²) in [5.41, 5.74) is 0.880. The van der Waals surface area contributed by atoms with Gasteiger partial charge in [-0.2, -0.15) is 0 Å². The summed E-state index contributed by atoms with van der Waals surface area (Å²) >= 11 is 1.46. The Kier molecular flexibility index (Phi) is 4.67. The number of β-amino-alcohol motifs (C(OH)–C–C–N with tert-alkyl or cyclic N) is 1. The van der Waals surface area contributed by atoms with Crippen LogP contribution in [0, 0.1) is 0 Å². The fraction of sp³-hybridized carbons (Fsp3) is 0.500. The number of allylic oxidation sites excluding steroid dienone is 1. The summed E-state index contributed by atoms with van der Waals surface area (Å²) in [6.45, 7) is 4.43. The molecule has 0 bridgehead atoms. The molecular weight excluding hydrogens is 350 g/mol. The van der Waals surface area contributed by atoms with Crippen molar-refractivity contribution in [3.8, 4) is 0 Å². The first-order valence-corrected chi connectivity index (χ1v) is 10.2. The fourth-order valence-electron chi connectivity index (χ4n) is 3.83. The number of aliphatic hydroxyl groups is 1. The minimum Gasteiger partial charge on any atom is -0.484 e. The summed E-state index contributed by atoms with van der Waals surface area (Å²) in [5.74, 6) is 0.400. The van der Waals surface area contributed by atoms with Gasteiger partial charge in [-0.15, -0.1) is 11.8 Å². The summed E-state index contributed by atoms with van der Waals surface area (Å²) in [5, 5.41) is 9.88. The number of thioether (sulfide) groups is 1. The molecular formula is C20H23NO4S. The molecule has 5 nitrogen and oxygen atoms in total. The monoisotopic (exact) mass is 373 g/mol. The number of nitrogens with zero attached hydrogens (tertiary/aromatic N) is 1. The Hall–Kier alpha value is -1.63. The third-order valence-corrected chi connectivity index (χ3v) is 6.87. The Morgan fingerprint density at radius 2 is 1.88 bits per heavy atom. The first-order valence-electron chi connectivity index (χ1n) is 9.18. The average molecular weight is 373 g/mol. The summed E-state index contributed by atoms with van der Waals surface area (Å²) in [7, 11) is 0. The zero-order chi connectivity index (χ0) is 18.3. The zero-order valence-electron chi connectivity index (χ0n) is 14.9. The molecule has 6 heteroatoms. The number of Topliss-reactive ketones (excluding diaryl/α,β-unsaturated/α-hetero) is 2. The number of piperidine rings is 1. The van der Waals surface area contributed by atoms with Crippen molar-refractivity contribution in [2.45, 2.75) is 37.9 Å². The standard InChI is InChI=1S/C20H23NO4S/c1-2-13(22)11-21-9-7-20(8-10-21)12-26-19-17(24)16(23)14-5-3-4-6-15(14)18(19)25-20/h3-6,13,22H,2,7-12H2,1H3. The lowest BCUT2D eigenvalue weighted by Gasteiger charge is -2.45. The van der Waals surface area contributed by atoms with E-state index in [4.69, 9.17) is 4.74 Å². The van der Waals surface area contributed by atoms with Crippen molar-refractivity contribution in [3.63, 3.8) is 0 Å². The highest BCUT2D eigenvalue weighted by Crippen LogP contribution is 2.47. The molecule has 4 rings (SSSR count). The Morgan fingerprint density at radius 1 is 1.19 bits per heavy atom. The molecule has 3 aliphatic rings. The van der Waals surface area contributed by atoms with Crippen molar-refractivity contribution < 1.29 is 19.4 Å². The van der Waals surface area contributed by atoms with E-state index in [9.17, 15) is 14.7 Å². The van der Waals surface area contributed by atoms with Gasteiger partial charge in [0.15, 0.2) is 0 Å². The minimum absolute atomic E-state index is 0.283. The lowest BCUT2D eigenvalue weighted by Crippen LogP contribution is -2.50. The van der Waals surface area contributed by atoms with Crippen LogP contribution in [0.15, 0.2) is 29.2 Å². The maximum Gasteiger partial charge on any atom is 0.243 e. The SMILES string of the molecule is CCC(O)CN1CCC2(CC1)CSC1=C(O2)c2ccccc2C(=O)C1=O. The molecule has 1 saturated heterocycles. The van der Waals surface area contributed by atoms with E-state index in [1.807, 2.05) is 19.1 Å². The topological polar surface area (TPSA) is 66.8 Å². The summed E-state index contributed by atoms with van der Waals surface area (Å²) in [4.78, 5) is 27.5. The van der Waals surface area contributed by atoms with Gasteiger partial charge in [-0.1, -0.05) is 31.2 Å². The lowest BCUT2D eigenvalue weighted by atomic mass is 9.90. The van der Waals surface area contributed by atoms with Crippen LogP contribution in [-0.4, -0.2) is 58.7 Å². The normalized spacial score (nSPS) is 23.5. The number of carbonyl (C=O) groups is 2. The maximum absolute atomic E-state index is 12.5. The van der Waals surface area contributed by atoms with Gasteiger partial charge in [0.1, 0.15) is 16.3 Å². The molecule has 138 valence electrons. The van der Waals surface area contributed by atoms with E-state index in [0.717, 1.165) is 37.9 Å². The van der Waals surface area contributed by atoms with Crippen LogP contribution in [0.4, 0.5) is 0 Å². The van der Waals surface area contributed by atoms with E-state index in [1.165, 1.54) is 11.8 Å². The number of hydrogen-bond donors (Lipinski definition) is 1. The van der Waals surface area contributed by atoms with Crippen LogP contribution in [0.5, 0.6) is 0 Å². The zero-order valence-corrected chi connectivity index (χ0v) is 15.7. The maximum atomic E-state index is 12.5. The first-order chi connectivity index (χ1) is 12.5. The Bertz CT molecular complexity index is 780. The van der Waals surface area contributed by atoms with Gasteiger partial charge < -0.3 is 14.7 Å². The molecule has 2 heterocycles. The van der Waals surface area contributed by atoms with E-state index >= 15 is 0 Å². The molecule has 0 aromatic heterocycles. The van der Waals surface area contributed by atoms with Gasteiger partial charge in [-0.3, -0.25) is 9.59 Å². The molecule has 1 atom stereocenters. The molecule has 1 aromatic carbocycles. The van der Waals surface area contributed by atoms with Gasteiger partial charge in [0.2, 0.25) is 11.6 Å². The quantitative estimate of drug-likeness (QED) is 0.821. The molecule has 26 heavy (non-hydrogen) atoms. The second-order valence-corrected chi connectivity index (χ2v) is 8.28. The second-order valence-electron chi connectivity index (χ2n) is 7.30. The number of ether oxygens (including phenoxy) is 1. The van der Waals surface area contributed by atoms with Crippen LogP contribution >= 0.6 is 11.8 Å². The average Bonchev–Trinajstić information content (AvgIpc) is 2.68. The number of fused-ring (bicyclic) bond motifs is 2. The van der Waals surface area contributed by atoms with Crippen LogP contribution in [-0.2, 0) is 9.53 Å². The van der Waals surface area contributed by atoms with Crippen molar-refractivity contribution in [1.82, 2.24) is 4.90 Å². The predicted octanol–water partition coefficient (Wildman–Crippen LogP) is 2.49. The Labute approximate surface area is 157 Å². The summed E-state index contributed by atoms with van der Waals surface area (Å²) < 4.78 is 6.44. The molecule has 1 aliphatic carbocycles. The van der Waals surface area contributed by atoms with E-state index in [-0.39, 0.29) is 11.7 Å². The number of aliphatic hydroxyl groups excluding tert-OH is 1. The number of rotatable bonds is 3. The first kappa shape index (κ1) is 17.8. The highest BCUT2D eigenvalue weighted by atomic mass is 32.2. The van der Waals surface area contributed by atoms with E-state index in [1.54, 1.807) is 12.1 Å². The number of carbonyl (C=O) groups excluding carboxylic acids is 2. The van der Waals surface area contributed by atoms with Crippen LogP contribution in [0.25, 0.3) is 5.76 Å². The lowest BCUT2D eigenvalue weighted by molar-refractivity contribution is -0.111. The molecule has 1 N–H and O–H groups in total. The largest absolute Gasteiger partial charge is 0.484 e. The van der Waals surface area contributed by atoms with E-state index < -0.39 is 11.6 Å². The van der Waals surface area contributed by atoms with Crippen molar-refractivity contribution in [1.29, 1.82) is 0 Å². The molecule has 1 spiro atoms. The van der Waals surface area contributed by atoms with Crippen LogP contribution in [0.2, 0.25) is 0 Å². The van der Waals surface area contributed by atoms with Crippen molar-refractivity contribution in [3.05, 3.63) is 40.3 Å². The molecule has 0 radical (unpaired) electrons. The van der Waals surface area contributed by atoms with E-state index in [0.29, 0.717) is 28.5 Å². The predicted molar refractivity (Wildman–Crippen MR) is 101 cm³/mol. The van der Waals surface area contributed by atoms with Gasteiger partial charge >= 0.3 is 0 Å². The number of ketones is 2. The Balaban J connectivity index is 1.56. The van der Waals surface area contributed by atoms with Crippen LogP contribution in [0.3, 0.4) is 0 Å². The number of hydrogen-bond acceptors (Lipinski definition) is 6. The van der Waals surface area contributed by atoms with Gasteiger partial charge in [-0.25, -0.2) is 0 Å².